The number of carbonyl (C=O) groups excluding carboxylic acids is 2. The Balaban J connectivity index is 3.04. The molecule has 1 aromatic carbocycles. The van der Waals surface area contributed by atoms with Gasteiger partial charge in [-0.3, -0.25) is 9.59 Å². The van der Waals surface area contributed by atoms with Crippen LogP contribution in [0.5, 0.6) is 0 Å². The monoisotopic (exact) mass is 212 g/mol. The van der Waals surface area contributed by atoms with E-state index in [-0.39, 0.29) is 5.78 Å². The summed E-state index contributed by atoms with van der Waals surface area (Å²) in [6.07, 6.45) is 5.36. The van der Waals surface area contributed by atoms with E-state index in [0.29, 0.717) is 16.7 Å². The molecular formula is C14H12O2. The maximum atomic E-state index is 11.9. The lowest BCUT2D eigenvalue weighted by Gasteiger charge is -2.01. The van der Waals surface area contributed by atoms with Gasteiger partial charge in [-0.2, -0.15) is 0 Å². The molecule has 1 rings (SSSR count). The van der Waals surface area contributed by atoms with Gasteiger partial charge in [0.15, 0.2) is 5.78 Å². The molecule has 0 radical (unpaired) electrons. The van der Waals surface area contributed by atoms with Crippen molar-refractivity contribution in [2.45, 2.75) is 0 Å². The first-order valence-corrected chi connectivity index (χ1v) is 4.78. The van der Waals surface area contributed by atoms with E-state index in [2.05, 4.69) is 13.2 Å². The molecule has 16 heavy (non-hydrogen) atoms. The number of allylic oxidation sites excluding steroid dienone is 4. The second-order valence-corrected chi connectivity index (χ2v) is 3.13. The van der Waals surface area contributed by atoms with Gasteiger partial charge >= 0.3 is 0 Å². The van der Waals surface area contributed by atoms with Crippen LogP contribution in [0.3, 0.4) is 0 Å². The fourth-order valence-electron chi connectivity index (χ4n) is 1.24. The number of carbonyl (C=O) groups is 2. The van der Waals surface area contributed by atoms with Gasteiger partial charge in [0.1, 0.15) is 6.29 Å². The average molecular weight is 212 g/mol. The number of ketones is 1. The molecule has 0 N–H and O–H groups in total. The Hall–Kier alpha value is -2.22. The predicted molar refractivity (Wildman–Crippen MR) is 64.6 cm³/mol. The van der Waals surface area contributed by atoms with E-state index in [1.807, 2.05) is 0 Å². The van der Waals surface area contributed by atoms with E-state index >= 15 is 0 Å². The number of benzene rings is 1. The fourth-order valence-corrected chi connectivity index (χ4v) is 1.24. The Morgan fingerprint density at radius 2 is 1.75 bits per heavy atom. The normalized spacial score (nSPS) is 10.6. The van der Waals surface area contributed by atoms with Gasteiger partial charge in [0.25, 0.3) is 0 Å². The highest BCUT2D eigenvalue weighted by molar-refractivity contribution is 6.10. The summed E-state index contributed by atoms with van der Waals surface area (Å²) < 4.78 is 0. The molecule has 1 aromatic rings. The molecule has 0 bridgehead atoms. The lowest BCUT2D eigenvalue weighted by atomic mass is 10.0. The van der Waals surface area contributed by atoms with Crippen molar-refractivity contribution in [3.05, 3.63) is 72.4 Å². The first-order valence-electron chi connectivity index (χ1n) is 4.78. The maximum absolute atomic E-state index is 11.9. The summed E-state index contributed by atoms with van der Waals surface area (Å²) in [4.78, 5) is 22.3. The SMILES string of the molecule is C=C/C=C(\C=C)C(=O)c1ccc(C=O)cc1. The zero-order valence-electron chi connectivity index (χ0n) is 8.85. The molecule has 0 aromatic heterocycles. The van der Waals surface area contributed by atoms with Gasteiger partial charge in [-0.05, 0) is 0 Å². The molecule has 0 atom stereocenters. The Kier molecular flexibility index (Phi) is 4.16. The van der Waals surface area contributed by atoms with Crippen LogP contribution in [0.2, 0.25) is 0 Å². The molecule has 0 saturated carbocycles. The molecule has 0 aliphatic rings. The van der Waals surface area contributed by atoms with Crippen LogP contribution in [0.15, 0.2) is 61.2 Å². The topological polar surface area (TPSA) is 34.1 Å². The predicted octanol–water partition coefficient (Wildman–Crippen LogP) is 2.98. The largest absolute Gasteiger partial charge is 0.298 e. The standard InChI is InChI=1S/C14H12O2/c1-3-5-12(4-2)14(16)13-8-6-11(10-15)7-9-13/h3-10H,1-2H2/b12-5+. The van der Waals surface area contributed by atoms with Crippen molar-refractivity contribution in [3.8, 4) is 0 Å². The highest BCUT2D eigenvalue weighted by Gasteiger charge is 2.08. The summed E-state index contributed by atoms with van der Waals surface area (Å²) >= 11 is 0. The van der Waals surface area contributed by atoms with Crippen molar-refractivity contribution in [1.29, 1.82) is 0 Å². The van der Waals surface area contributed by atoms with E-state index in [0.717, 1.165) is 6.29 Å². The van der Waals surface area contributed by atoms with Crippen LogP contribution in [-0.2, 0) is 0 Å². The summed E-state index contributed by atoms with van der Waals surface area (Å²) in [6, 6.07) is 6.45. The highest BCUT2D eigenvalue weighted by atomic mass is 16.1. The van der Waals surface area contributed by atoms with Crippen molar-refractivity contribution in [2.24, 2.45) is 0 Å². The quantitative estimate of drug-likeness (QED) is 0.325. The molecule has 0 aliphatic carbocycles. The van der Waals surface area contributed by atoms with Crippen LogP contribution in [0.25, 0.3) is 0 Å². The molecule has 0 unspecified atom stereocenters. The summed E-state index contributed by atoms with van der Waals surface area (Å²) in [6.45, 7) is 7.10. The van der Waals surface area contributed by atoms with Crippen LogP contribution in [-0.4, -0.2) is 12.1 Å². The smallest absolute Gasteiger partial charge is 0.192 e. The van der Waals surface area contributed by atoms with Crippen LogP contribution < -0.4 is 0 Å². The Bertz CT molecular complexity index is 450. The molecule has 0 saturated heterocycles. The van der Waals surface area contributed by atoms with Crippen molar-refractivity contribution in [2.75, 3.05) is 0 Å². The van der Waals surface area contributed by atoms with Gasteiger partial charge in [-0.25, -0.2) is 0 Å². The molecule has 0 aliphatic heterocycles. The lowest BCUT2D eigenvalue weighted by molar-refractivity contribution is 0.103. The molecule has 0 amide bonds. The second-order valence-electron chi connectivity index (χ2n) is 3.13. The van der Waals surface area contributed by atoms with Crippen LogP contribution in [0.1, 0.15) is 20.7 Å². The Labute approximate surface area is 94.6 Å². The summed E-state index contributed by atoms with van der Waals surface area (Å²) in [5.41, 5.74) is 1.55. The van der Waals surface area contributed by atoms with Gasteiger partial charge in [-0.1, -0.05) is 55.7 Å². The molecule has 0 spiro atoms. The lowest BCUT2D eigenvalue weighted by Crippen LogP contribution is -2.01. The van der Waals surface area contributed by atoms with Crippen molar-refractivity contribution < 1.29 is 9.59 Å². The molecule has 2 nitrogen and oxygen atoms in total. The Morgan fingerprint density at radius 1 is 1.12 bits per heavy atom. The minimum atomic E-state index is -0.132. The fraction of sp³-hybridized carbons (Fsp3) is 0. The number of hydrogen-bond acceptors (Lipinski definition) is 2. The molecule has 2 heteroatoms. The number of hydrogen-bond donors (Lipinski definition) is 0. The maximum Gasteiger partial charge on any atom is 0.192 e. The van der Waals surface area contributed by atoms with E-state index in [1.165, 1.54) is 12.2 Å². The zero-order chi connectivity index (χ0) is 12.0. The van der Waals surface area contributed by atoms with Crippen molar-refractivity contribution >= 4 is 12.1 Å². The summed E-state index contributed by atoms with van der Waals surface area (Å²) in [5, 5.41) is 0. The first kappa shape index (κ1) is 11.9. The van der Waals surface area contributed by atoms with E-state index < -0.39 is 0 Å². The van der Waals surface area contributed by atoms with Gasteiger partial charge in [0, 0.05) is 16.7 Å². The van der Waals surface area contributed by atoms with Gasteiger partial charge in [0.2, 0.25) is 0 Å². The number of rotatable bonds is 5. The third kappa shape index (κ3) is 2.64. The third-order valence-electron chi connectivity index (χ3n) is 2.09. The van der Waals surface area contributed by atoms with Crippen LogP contribution >= 0.6 is 0 Å². The van der Waals surface area contributed by atoms with Crippen LogP contribution in [0, 0.1) is 0 Å². The molecule has 80 valence electrons. The van der Waals surface area contributed by atoms with E-state index in [9.17, 15) is 9.59 Å². The zero-order valence-corrected chi connectivity index (χ0v) is 8.85. The van der Waals surface area contributed by atoms with E-state index in [4.69, 9.17) is 0 Å². The average Bonchev–Trinajstić information content (AvgIpc) is 2.35. The molecule has 0 fully saturated rings. The van der Waals surface area contributed by atoms with E-state index in [1.54, 1.807) is 30.3 Å². The van der Waals surface area contributed by atoms with Crippen molar-refractivity contribution in [1.82, 2.24) is 0 Å². The second kappa shape index (κ2) is 5.61. The summed E-state index contributed by atoms with van der Waals surface area (Å²) in [5.74, 6) is -0.132. The number of Topliss-reactive ketones (excluding diaryl/α,β-unsaturated/α-hetero) is 1. The minimum absolute atomic E-state index is 0.132. The van der Waals surface area contributed by atoms with Gasteiger partial charge < -0.3 is 0 Å². The molecule has 0 heterocycles. The first-order chi connectivity index (χ1) is 7.72. The third-order valence-corrected chi connectivity index (χ3v) is 2.09. The Morgan fingerprint density at radius 3 is 2.19 bits per heavy atom. The molecular weight excluding hydrogens is 200 g/mol. The van der Waals surface area contributed by atoms with Gasteiger partial charge in [0.05, 0.1) is 0 Å². The summed E-state index contributed by atoms with van der Waals surface area (Å²) in [7, 11) is 0. The number of aldehydes is 1. The van der Waals surface area contributed by atoms with Gasteiger partial charge in [-0.15, -0.1) is 0 Å². The van der Waals surface area contributed by atoms with Crippen LogP contribution in [0.4, 0.5) is 0 Å². The highest BCUT2D eigenvalue weighted by Crippen LogP contribution is 2.10. The van der Waals surface area contributed by atoms with Crippen molar-refractivity contribution in [3.63, 3.8) is 0 Å². The minimum Gasteiger partial charge on any atom is -0.298 e.